The second-order valence-corrected chi connectivity index (χ2v) is 4.85. The normalized spacial score (nSPS) is 15.5. The molecule has 2 atom stereocenters. The fraction of sp³-hybridized carbons (Fsp3) is 0.400. The van der Waals surface area contributed by atoms with E-state index in [1.54, 1.807) is 13.1 Å². The average molecular weight is 246 g/mol. The molecule has 1 rings (SSSR count). The molecule has 3 nitrogen and oxygen atoms in total. The van der Waals surface area contributed by atoms with Crippen LogP contribution in [0.2, 0.25) is 0 Å². The SMILES string of the molecule is C=CCC(C)(C[C@@H](N)c1ccccc1)C(=O)NC. The van der Waals surface area contributed by atoms with E-state index < -0.39 is 5.41 Å². The highest BCUT2D eigenvalue weighted by atomic mass is 16.2. The Morgan fingerprint density at radius 3 is 2.61 bits per heavy atom. The molecule has 1 aromatic rings. The summed E-state index contributed by atoms with van der Waals surface area (Å²) in [6.45, 7) is 5.65. The number of carbonyl (C=O) groups is 1. The van der Waals surface area contributed by atoms with E-state index in [-0.39, 0.29) is 11.9 Å². The summed E-state index contributed by atoms with van der Waals surface area (Å²) in [6, 6.07) is 9.71. The number of nitrogens with one attached hydrogen (secondary N) is 1. The second-order valence-electron chi connectivity index (χ2n) is 4.85. The van der Waals surface area contributed by atoms with Crippen molar-refractivity contribution in [3.05, 3.63) is 48.6 Å². The molecule has 0 aliphatic heterocycles. The van der Waals surface area contributed by atoms with Crippen molar-refractivity contribution in [3.8, 4) is 0 Å². The molecule has 0 aliphatic carbocycles. The van der Waals surface area contributed by atoms with Crippen LogP contribution in [0.1, 0.15) is 31.4 Å². The lowest BCUT2D eigenvalue weighted by Crippen LogP contribution is -2.39. The molecule has 1 amide bonds. The summed E-state index contributed by atoms with van der Waals surface area (Å²) < 4.78 is 0. The smallest absolute Gasteiger partial charge is 0.226 e. The van der Waals surface area contributed by atoms with Crippen LogP contribution in [-0.4, -0.2) is 13.0 Å². The van der Waals surface area contributed by atoms with Gasteiger partial charge in [-0.15, -0.1) is 6.58 Å². The van der Waals surface area contributed by atoms with Crippen LogP contribution in [0.15, 0.2) is 43.0 Å². The number of hydrogen-bond acceptors (Lipinski definition) is 2. The van der Waals surface area contributed by atoms with Crippen molar-refractivity contribution in [2.24, 2.45) is 11.1 Å². The fourth-order valence-electron chi connectivity index (χ4n) is 2.19. The topological polar surface area (TPSA) is 55.1 Å². The van der Waals surface area contributed by atoms with Crippen LogP contribution in [0, 0.1) is 5.41 Å². The molecule has 3 heteroatoms. The van der Waals surface area contributed by atoms with E-state index in [0.29, 0.717) is 12.8 Å². The standard InChI is InChI=1S/C15H22N2O/c1-4-10-15(2,14(18)17-3)11-13(16)12-8-6-5-7-9-12/h4-9,13H,1,10-11,16H2,2-3H3,(H,17,18)/t13-,15?/m1/s1. The molecule has 0 fully saturated rings. The van der Waals surface area contributed by atoms with E-state index in [1.165, 1.54) is 0 Å². The first-order valence-electron chi connectivity index (χ1n) is 6.17. The molecule has 98 valence electrons. The van der Waals surface area contributed by atoms with Gasteiger partial charge in [-0.1, -0.05) is 43.3 Å². The number of allylic oxidation sites excluding steroid dienone is 1. The van der Waals surface area contributed by atoms with Crippen LogP contribution in [0.5, 0.6) is 0 Å². The molecule has 1 unspecified atom stereocenters. The van der Waals surface area contributed by atoms with Gasteiger partial charge in [0.2, 0.25) is 5.91 Å². The zero-order valence-electron chi connectivity index (χ0n) is 11.1. The lowest BCUT2D eigenvalue weighted by Gasteiger charge is -2.29. The number of rotatable bonds is 6. The number of hydrogen-bond donors (Lipinski definition) is 2. The summed E-state index contributed by atoms with van der Waals surface area (Å²) in [7, 11) is 1.65. The van der Waals surface area contributed by atoms with Crippen molar-refractivity contribution in [1.29, 1.82) is 0 Å². The Balaban J connectivity index is 2.84. The molecule has 1 aromatic carbocycles. The Bertz CT molecular complexity index is 402. The molecular formula is C15H22N2O. The molecule has 0 saturated carbocycles. The van der Waals surface area contributed by atoms with Crippen molar-refractivity contribution in [2.75, 3.05) is 7.05 Å². The molecule has 0 radical (unpaired) electrons. The average Bonchev–Trinajstić information content (AvgIpc) is 2.39. The van der Waals surface area contributed by atoms with Gasteiger partial charge in [0.1, 0.15) is 0 Å². The second kappa shape index (κ2) is 6.36. The number of carbonyl (C=O) groups excluding carboxylic acids is 1. The van der Waals surface area contributed by atoms with Crippen molar-refractivity contribution in [2.45, 2.75) is 25.8 Å². The molecule has 18 heavy (non-hydrogen) atoms. The summed E-state index contributed by atoms with van der Waals surface area (Å²) in [5.74, 6) is 0.00813. The zero-order valence-corrected chi connectivity index (χ0v) is 11.1. The van der Waals surface area contributed by atoms with Gasteiger partial charge in [0.05, 0.1) is 5.41 Å². The van der Waals surface area contributed by atoms with Crippen LogP contribution in [0.4, 0.5) is 0 Å². The summed E-state index contributed by atoms with van der Waals surface area (Å²) >= 11 is 0. The van der Waals surface area contributed by atoms with Gasteiger partial charge in [0, 0.05) is 13.1 Å². The van der Waals surface area contributed by atoms with Crippen LogP contribution in [0.25, 0.3) is 0 Å². The minimum Gasteiger partial charge on any atom is -0.359 e. The Kier molecular flexibility index (Phi) is 5.10. The summed E-state index contributed by atoms with van der Waals surface area (Å²) in [6.07, 6.45) is 2.99. The van der Waals surface area contributed by atoms with Gasteiger partial charge in [0.25, 0.3) is 0 Å². The molecule has 0 bridgehead atoms. The van der Waals surface area contributed by atoms with E-state index in [9.17, 15) is 4.79 Å². The van der Waals surface area contributed by atoms with Crippen molar-refractivity contribution in [3.63, 3.8) is 0 Å². The van der Waals surface area contributed by atoms with Gasteiger partial charge in [-0.3, -0.25) is 4.79 Å². The van der Waals surface area contributed by atoms with Crippen LogP contribution >= 0.6 is 0 Å². The minimum atomic E-state index is -0.508. The highest BCUT2D eigenvalue weighted by Gasteiger charge is 2.33. The third-order valence-electron chi connectivity index (χ3n) is 3.27. The van der Waals surface area contributed by atoms with E-state index in [4.69, 9.17) is 5.73 Å². The van der Waals surface area contributed by atoms with E-state index in [2.05, 4.69) is 11.9 Å². The summed E-state index contributed by atoms with van der Waals surface area (Å²) in [5, 5.41) is 2.70. The Hall–Kier alpha value is -1.61. The lowest BCUT2D eigenvalue weighted by atomic mass is 9.78. The van der Waals surface area contributed by atoms with Crippen LogP contribution in [0.3, 0.4) is 0 Å². The van der Waals surface area contributed by atoms with Gasteiger partial charge >= 0.3 is 0 Å². The molecule has 0 saturated heterocycles. The molecule has 0 spiro atoms. The number of amides is 1. The third kappa shape index (κ3) is 3.44. The van der Waals surface area contributed by atoms with Crippen molar-refractivity contribution >= 4 is 5.91 Å². The van der Waals surface area contributed by atoms with Crippen molar-refractivity contribution in [1.82, 2.24) is 5.32 Å². The first-order valence-corrected chi connectivity index (χ1v) is 6.17. The van der Waals surface area contributed by atoms with E-state index >= 15 is 0 Å². The first-order chi connectivity index (χ1) is 8.53. The quantitative estimate of drug-likeness (QED) is 0.757. The largest absolute Gasteiger partial charge is 0.359 e. The lowest BCUT2D eigenvalue weighted by molar-refractivity contribution is -0.130. The fourth-order valence-corrected chi connectivity index (χ4v) is 2.19. The van der Waals surface area contributed by atoms with Gasteiger partial charge in [0.15, 0.2) is 0 Å². The van der Waals surface area contributed by atoms with Gasteiger partial charge < -0.3 is 11.1 Å². The Labute approximate surface area is 109 Å². The molecular weight excluding hydrogens is 224 g/mol. The molecule has 0 aromatic heterocycles. The Morgan fingerprint density at radius 2 is 2.11 bits per heavy atom. The maximum atomic E-state index is 12.0. The predicted molar refractivity (Wildman–Crippen MR) is 75.0 cm³/mol. The third-order valence-corrected chi connectivity index (χ3v) is 3.27. The minimum absolute atomic E-state index is 0.00813. The number of nitrogens with two attached hydrogens (primary N) is 1. The summed E-state index contributed by atoms with van der Waals surface area (Å²) in [5.41, 5.74) is 6.73. The van der Waals surface area contributed by atoms with E-state index in [1.807, 2.05) is 37.3 Å². The maximum Gasteiger partial charge on any atom is 0.226 e. The predicted octanol–water partition coefficient (Wildman–Crippen LogP) is 2.40. The monoisotopic (exact) mass is 246 g/mol. The van der Waals surface area contributed by atoms with Gasteiger partial charge in [-0.2, -0.15) is 0 Å². The first kappa shape index (κ1) is 14.5. The van der Waals surface area contributed by atoms with E-state index in [0.717, 1.165) is 5.56 Å². The molecule has 0 heterocycles. The maximum absolute atomic E-state index is 12.0. The summed E-state index contributed by atoms with van der Waals surface area (Å²) in [4.78, 5) is 12.0. The van der Waals surface area contributed by atoms with Gasteiger partial charge in [-0.05, 0) is 18.4 Å². The van der Waals surface area contributed by atoms with Gasteiger partial charge in [-0.25, -0.2) is 0 Å². The van der Waals surface area contributed by atoms with Crippen LogP contribution < -0.4 is 11.1 Å². The molecule has 3 N–H and O–H groups in total. The van der Waals surface area contributed by atoms with Crippen LogP contribution in [-0.2, 0) is 4.79 Å². The highest BCUT2D eigenvalue weighted by Crippen LogP contribution is 2.32. The highest BCUT2D eigenvalue weighted by molar-refractivity contribution is 5.82. The number of benzene rings is 1. The molecule has 0 aliphatic rings. The zero-order chi connectivity index (χ0) is 13.6. The Morgan fingerprint density at radius 1 is 1.50 bits per heavy atom. The van der Waals surface area contributed by atoms with Crippen molar-refractivity contribution < 1.29 is 4.79 Å².